The molecule has 0 aliphatic carbocycles. The van der Waals surface area contributed by atoms with Gasteiger partial charge in [-0.25, -0.2) is 22.6 Å². The monoisotopic (exact) mass is 534 g/mol. The number of nitrogens with two attached hydrogens (primary N) is 1. The van der Waals surface area contributed by atoms with Crippen LogP contribution in [-0.4, -0.2) is 35.8 Å². The Hall–Kier alpha value is -3.81. The fourth-order valence-electron chi connectivity index (χ4n) is 4.99. The minimum atomic E-state index is -3.95. The van der Waals surface area contributed by atoms with E-state index in [1.54, 1.807) is 0 Å². The van der Waals surface area contributed by atoms with Gasteiger partial charge >= 0.3 is 0 Å². The second-order valence-corrected chi connectivity index (χ2v) is 12.8. The van der Waals surface area contributed by atoms with Crippen molar-refractivity contribution in [2.24, 2.45) is 10.7 Å². The summed E-state index contributed by atoms with van der Waals surface area (Å²) in [5.41, 5.74) is 6.87. The van der Waals surface area contributed by atoms with Gasteiger partial charge < -0.3 is 15.2 Å². The molecule has 1 fully saturated rings. The first-order chi connectivity index (χ1) is 18.0. The van der Waals surface area contributed by atoms with Gasteiger partial charge in [-0.1, -0.05) is 29.8 Å². The van der Waals surface area contributed by atoms with Gasteiger partial charge in [0.05, 0.1) is 24.5 Å². The summed E-state index contributed by atoms with van der Waals surface area (Å²) in [6.07, 6.45) is 0.991. The fraction of sp³-hybridized carbons (Fsp3) is 0.321. The SMILES string of the molecule is [C-]#[N+]c1ccnc(Oc2ccc(F)c([C@]34CO[C@@H](c5ccc(C)cc5)C[C@H]3S(=O)(=O)C(C)(C)C(N)=N4)c2)c1. The summed E-state index contributed by atoms with van der Waals surface area (Å²) in [6, 6.07) is 14.7. The van der Waals surface area contributed by atoms with Gasteiger partial charge in [0.1, 0.15) is 27.7 Å². The first-order valence-corrected chi connectivity index (χ1v) is 13.6. The molecular formula is C28H27FN4O4S. The zero-order valence-electron chi connectivity index (χ0n) is 21.2. The number of ether oxygens (including phenoxy) is 2. The Bertz CT molecular complexity index is 1580. The highest BCUT2D eigenvalue weighted by Gasteiger charge is 2.61. The Morgan fingerprint density at radius 2 is 1.89 bits per heavy atom. The maximum Gasteiger partial charge on any atom is 0.208 e. The number of aryl methyl sites for hydroxylation is 1. The molecule has 0 bridgehead atoms. The van der Waals surface area contributed by atoms with Crippen LogP contribution in [0.3, 0.4) is 0 Å². The van der Waals surface area contributed by atoms with Crippen LogP contribution in [0.1, 0.15) is 43.1 Å². The van der Waals surface area contributed by atoms with E-state index in [0.717, 1.165) is 11.1 Å². The normalized spacial score (nSPS) is 25.5. The topological polar surface area (TPSA) is 108 Å². The van der Waals surface area contributed by atoms with Crippen LogP contribution in [0.25, 0.3) is 4.85 Å². The van der Waals surface area contributed by atoms with Gasteiger partial charge in [0.2, 0.25) is 5.88 Å². The van der Waals surface area contributed by atoms with Crippen molar-refractivity contribution < 1.29 is 22.3 Å². The molecular weight excluding hydrogens is 507 g/mol. The van der Waals surface area contributed by atoms with Crippen LogP contribution in [-0.2, 0) is 20.1 Å². The van der Waals surface area contributed by atoms with E-state index in [-0.39, 0.29) is 36.1 Å². The Labute approximate surface area is 221 Å². The lowest BCUT2D eigenvalue weighted by atomic mass is 9.81. The number of amidine groups is 1. The summed E-state index contributed by atoms with van der Waals surface area (Å²) in [7, 11) is -3.95. The Balaban J connectivity index is 1.62. The van der Waals surface area contributed by atoms with E-state index in [1.807, 2.05) is 31.2 Å². The van der Waals surface area contributed by atoms with E-state index in [9.17, 15) is 8.42 Å². The molecule has 2 aliphatic heterocycles. The van der Waals surface area contributed by atoms with Crippen LogP contribution in [0.15, 0.2) is 65.8 Å². The van der Waals surface area contributed by atoms with Crippen molar-refractivity contribution in [1.29, 1.82) is 0 Å². The average Bonchev–Trinajstić information content (AvgIpc) is 2.89. The number of sulfone groups is 1. The fourth-order valence-corrected chi connectivity index (χ4v) is 7.22. The Morgan fingerprint density at radius 3 is 2.61 bits per heavy atom. The van der Waals surface area contributed by atoms with Crippen LogP contribution in [0.5, 0.6) is 11.6 Å². The van der Waals surface area contributed by atoms with Crippen molar-refractivity contribution >= 4 is 21.4 Å². The molecule has 0 radical (unpaired) electrons. The van der Waals surface area contributed by atoms with Gasteiger partial charge in [0.15, 0.2) is 15.5 Å². The van der Waals surface area contributed by atoms with Gasteiger partial charge in [-0.15, -0.1) is 0 Å². The molecule has 0 unspecified atom stereocenters. The molecule has 0 saturated carbocycles. The number of halogens is 1. The number of fused-ring (bicyclic) bond motifs is 1. The first-order valence-electron chi connectivity index (χ1n) is 12.1. The van der Waals surface area contributed by atoms with Crippen molar-refractivity contribution in [2.45, 2.75) is 48.8 Å². The van der Waals surface area contributed by atoms with Gasteiger partial charge in [0.25, 0.3) is 0 Å². The first kappa shape index (κ1) is 25.8. The summed E-state index contributed by atoms with van der Waals surface area (Å²) in [5.74, 6) is -0.414. The third kappa shape index (κ3) is 4.12. The molecule has 3 atom stereocenters. The molecule has 2 N–H and O–H groups in total. The molecule has 2 aliphatic rings. The number of hydrogen-bond acceptors (Lipinski definition) is 7. The summed E-state index contributed by atoms with van der Waals surface area (Å²) in [5, 5.41) is -1.11. The number of aromatic nitrogens is 1. The lowest BCUT2D eigenvalue weighted by Crippen LogP contribution is -2.64. The maximum atomic E-state index is 15.5. The zero-order chi connectivity index (χ0) is 27.3. The molecule has 3 aromatic rings. The van der Waals surface area contributed by atoms with Crippen molar-refractivity contribution in [1.82, 2.24) is 4.98 Å². The number of nitrogens with zero attached hydrogens (tertiary/aromatic N) is 3. The van der Waals surface area contributed by atoms with E-state index in [4.69, 9.17) is 21.8 Å². The molecule has 1 saturated heterocycles. The highest BCUT2D eigenvalue weighted by atomic mass is 32.2. The summed E-state index contributed by atoms with van der Waals surface area (Å²) in [4.78, 5) is 12.1. The predicted molar refractivity (Wildman–Crippen MR) is 142 cm³/mol. The molecule has 8 nitrogen and oxygen atoms in total. The van der Waals surface area contributed by atoms with E-state index in [0.29, 0.717) is 5.69 Å². The summed E-state index contributed by atoms with van der Waals surface area (Å²) >= 11 is 0. The van der Waals surface area contributed by atoms with Crippen molar-refractivity contribution in [2.75, 3.05) is 6.61 Å². The van der Waals surface area contributed by atoms with E-state index in [1.165, 1.54) is 50.4 Å². The van der Waals surface area contributed by atoms with Gasteiger partial charge in [-0.2, -0.15) is 0 Å². The highest BCUT2D eigenvalue weighted by molar-refractivity contribution is 7.94. The number of aliphatic imine (C=N–C) groups is 1. The lowest BCUT2D eigenvalue weighted by molar-refractivity contribution is -0.0298. The van der Waals surface area contributed by atoms with Crippen molar-refractivity contribution in [3.05, 3.63) is 94.7 Å². The molecule has 5 rings (SSSR count). The number of benzene rings is 2. The van der Waals surface area contributed by atoms with E-state index < -0.39 is 37.3 Å². The van der Waals surface area contributed by atoms with Crippen LogP contribution in [0.4, 0.5) is 10.1 Å². The predicted octanol–water partition coefficient (Wildman–Crippen LogP) is 5.16. The molecule has 196 valence electrons. The maximum absolute atomic E-state index is 15.5. The molecule has 38 heavy (non-hydrogen) atoms. The largest absolute Gasteiger partial charge is 0.440 e. The van der Waals surface area contributed by atoms with Crippen molar-refractivity contribution in [3.63, 3.8) is 0 Å². The van der Waals surface area contributed by atoms with E-state index >= 15 is 4.39 Å². The van der Waals surface area contributed by atoms with Crippen LogP contribution < -0.4 is 10.5 Å². The second kappa shape index (κ2) is 9.19. The molecule has 0 amide bonds. The molecule has 0 spiro atoms. The standard InChI is InChI=1S/C28H27FN4O4S/c1-17-5-7-18(8-6-17)23-15-24-28(16-36-23,33-26(30)27(2,3)38(24,34)35)21-14-20(9-10-22(21)29)37-25-13-19(31-4)11-12-32-25/h5-14,23-24H,15-16H2,1-3H3,(H2,30,33)/t23-,24-,28-/m1/s1. The van der Waals surface area contributed by atoms with Gasteiger partial charge in [-0.3, -0.25) is 4.99 Å². The molecule has 1 aromatic heterocycles. The quantitative estimate of drug-likeness (QED) is 0.463. The minimum absolute atomic E-state index is 0.00529. The molecule has 2 aromatic carbocycles. The number of hydrogen-bond donors (Lipinski definition) is 1. The second-order valence-electron chi connectivity index (χ2n) is 10.1. The van der Waals surface area contributed by atoms with Gasteiger partial charge in [0, 0.05) is 17.8 Å². The van der Waals surface area contributed by atoms with Crippen LogP contribution in [0, 0.1) is 19.3 Å². The summed E-state index contributed by atoms with van der Waals surface area (Å²) in [6.45, 7) is 12.0. The third-order valence-electron chi connectivity index (χ3n) is 7.41. The highest BCUT2D eigenvalue weighted by Crippen LogP contribution is 2.51. The summed E-state index contributed by atoms with van der Waals surface area (Å²) < 4.78 is 54.2. The van der Waals surface area contributed by atoms with E-state index in [2.05, 4.69) is 14.8 Å². The Kier molecular flexibility index (Phi) is 6.24. The Morgan fingerprint density at radius 1 is 1.16 bits per heavy atom. The lowest BCUT2D eigenvalue weighted by Gasteiger charge is -2.49. The molecule has 3 heterocycles. The number of pyridine rings is 1. The third-order valence-corrected chi connectivity index (χ3v) is 10.4. The van der Waals surface area contributed by atoms with Crippen LogP contribution in [0.2, 0.25) is 0 Å². The molecule has 10 heteroatoms. The minimum Gasteiger partial charge on any atom is -0.440 e. The average molecular weight is 535 g/mol. The smallest absolute Gasteiger partial charge is 0.208 e. The zero-order valence-corrected chi connectivity index (χ0v) is 22.0. The number of rotatable bonds is 4. The van der Waals surface area contributed by atoms with Gasteiger partial charge in [-0.05, 0) is 57.0 Å². The van der Waals surface area contributed by atoms with Crippen LogP contribution >= 0.6 is 0 Å². The van der Waals surface area contributed by atoms with Crippen molar-refractivity contribution in [3.8, 4) is 11.6 Å².